The van der Waals surface area contributed by atoms with E-state index >= 15 is 0 Å². The van der Waals surface area contributed by atoms with Crippen molar-refractivity contribution in [2.75, 3.05) is 13.1 Å². The highest BCUT2D eigenvalue weighted by molar-refractivity contribution is 5.95. The summed E-state index contributed by atoms with van der Waals surface area (Å²) in [4.78, 5) is 33.5. The van der Waals surface area contributed by atoms with Gasteiger partial charge in [0.05, 0.1) is 5.56 Å². The molecule has 0 spiro atoms. The summed E-state index contributed by atoms with van der Waals surface area (Å²) in [6.07, 6.45) is 4.48. The average Bonchev–Trinajstić information content (AvgIpc) is 2.82. The van der Waals surface area contributed by atoms with Crippen molar-refractivity contribution in [3.8, 4) is 0 Å². The van der Waals surface area contributed by atoms with Crippen LogP contribution in [0.5, 0.6) is 0 Å². The molecule has 0 N–H and O–H groups in total. The number of carbonyl (C=O) groups excluding carboxylic acids is 2. The predicted octanol–water partition coefficient (Wildman–Crippen LogP) is 3.04. The first-order valence-corrected chi connectivity index (χ1v) is 9.13. The van der Waals surface area contributed by atoms with E-state index in [1.54, 1.807) is 17.3 Å². The second-order valence-corrected chi connectivity index (χ2v) is 6.76. The molecule has 0 aliphatic carbocycles. The van der Waals surface area contributed by atoms with E-state index < -0.39 is 0 Å². The molecule has 1 fully saturated rings. The fourth-order valence-electron chi connectivity index (χ4n) is 3.41. The van der Waals surface area contributed by atoms with E-state index in [4.69, 9.17) is 0 Å². The van der Waals surface area contributed by atoms with E-state index in [9.17, 15) is 9.59 Å². The molecule has 2 heterocycles. The van der Waals surface area contributed by atoms with Crippen LogP contribution < -0.4 is 0 Å². The number of hydrogen-bond donors (Lipinski definition) is 0. The zero-order chi connectivity index (χ0) is 18.5. The minimum Gasteiger partial charge on any atom is -0.336 e. The second-order valence-electron chi connectivity index (χ2n) is 6.76. The minimum atomic E-state index is -0.0385. The standard InChI is InChI=1S/C21H25N3O2/c1-3-18-15-23(21(26)19-13-22-11-9-16(19)2)12-10-20(25)24(18)14-17-7-5-4-6-8-17/h4-9,11,13,18H,3,10,12,14-15H2,1-2H3. The molecule has 1 atom stereocenters. The van der Waals surface area contributed by atoms with Crippen molar-refractivity contribution in [3.63, 3.8) is 0 Å². The van der Waals surface area contributed by atoms with Crippen LogP contribution in [0.4, 0.5) is 0 Å². The number of amides is 2. The van der Waals surface area contributed by atoms with E-state index in [1.807, 2.05) is 48.2 Å². The Bertz CT molecular complexity index is 776. The Morgan fingerprint density at radius 2 is 2.00 bits per heavy atom. The Labute approximate surface area is 154 Å². The minimum absolute atomic E-state index is 0.0196. The lowest BCUT2D eigenvalue weighted by Gasteiger charge is -2.31. The highest BCUT2D eigenvalue weighted by atomic mass is 16.2. The molecule has 3 rings (SSSR count). The second kappa shape index (κ2) is 8.13. The van der Waals surface area contributed by atoms with Gasteiger partial charge in [0.2, 0.25) is 5.91 Å². The van der Waals surface area contributed by atoms with Gasteiger partial charge in [0, 0.05) is 44.5 Å². The number of pyridine rings is 1. The van der Waals surface area contributed by atoms with Crippen LogP contribution in [0.25, 0.3) is 0 Å². The van der Waals surface area contributed by atoms with E-state index in [1.165, 1.54) is 0 Å². The number of aryl methyl sites for hydroxylation is 1. The Hall–Kier alpha value is -2.69. The van der Waals surface area contributed by atoms with E-state index in [0.717, 1.165) is 17.5 Å². The monoisotopic (exact) mass is 351 g/mol. The van der Waals surface area contributed by atoms with Crippen LogP contribution in [0.15, 0.2) is 48.8 Å². The lowest BCUT2D eigenvalue weighted by atomic mass is 10.1. The Balaban J connectivity index is 1.80. The van der Waals surface area contributed by atoms with Gasteiger partial charge in [-0.3, -0.25) is 14.6 Å². The van der Waals surface area contributed by atoms with Gasteiger partial charge in [-0.15, -0.1) is 0 Å². The lowest BCUT2D eigenvalue weighted by molar-refractivity contribution is -0.133. The average molecular weight is 351 g/mol. The maximum Gasteiger partial charge on any atom is 0.255 e. The number of benzene rings is 1. The van der Waals surface area contributed by atoms with Crippen LogP contribution in [0.2, 0.25) is 0 Å². The van der Waals surface area contributed by atoms with Gasteiger partial charge in [-0.25, -0.2) is 0 Å². The lowest BCUT2D eigenvalue weighted by Crippen LogP contribution is -2.43. The van der Waals surface area contributed by atoms with Gasteiger partial charge in [-0.2, -0.15) is 0 Å². The number of rotatable bonds is 4. The third-order valence-electron chi connectivity index (χ3n) is 5.01. The quantitative estimate of drug-likeness (QED) is 0.851. The van der Waals surface area contributed by atoms with Crippen molar-refractivity contribution >= 4 is 11.8 Å². The van der Waals surface area contributed by atoms with E-state index in [-0.39, 0.29) is 17.9 Å². The van der Waals surface area contributed by atoms with Gasteiger partial charge in [0.1, 0.15) is 0 Å². The number of hydrogen-bond acceptors (Lipinski definition) is 3. The Morgan fingerprint density at radius 3 is 2.69 bits per heavy atom. The molecule has 1 aliphatic rings. The molecular weight excluding hydrogens is 326 g/mol. The van der Waals surface area contributed by atoms with Crippen molar-refractivity contribution in [1.29, 1.82) is 0 Å². The van der Waals surface area contributed by atoms with Gasteiger partial charge in [0.15, 0.2) is 0 Å². The SMILES string of the molecule is CCC1CN(C(=O)c2cnccc2C)CCC(=O)N1Cc1ccccc1. The summed E-state index contributed by atoms with van der Waals surface area (Å²) in [7, 11) is 0. The zero-order valence-corrected chi connectivity index (χ0v) is 15.4. The molecule has 0 saturated carbocycles. The summed E-state index contributed by atoms with van der Waals surface area (Å²) < 4.78 is 0. The molecule has 0 radical (unpaired) electrons. The third kappa shape index (κ3) is 3.93. The molecule has 5 heteroatoms. The van der Waals surface area contributed by atoms with Gasteiger partial charge in [0.25, 0.3) is 5.91 Å². The smallest absolute Gasteiger partial charge is 0.255 e. The van der Waals surface area contributed by atoms with Crippen molar-refractivity contribution in [3.05, 3.63) is 65.5 Å². The normalized spacial score (nSPS) is 17.9. The topological polar surface area (TPSA) is 53.5 Å². The van der Waals surface area contributed by atoms with Crippen LogP contribution in [-0.4, -0.2) is 45.7 Å². The first-order chi connectivity index (χ1) is 12.6. The predicted molar refractivity (Wildman–Crippen MR) is 101 cm³/mol. The summed E-state index contributed by atoms with van der Waals surface area (Å²) in [5.41, 5.74) is 2.64. The molecule has 2 aromatic rings. The molecule has 1 unspecified atom stereocenters. The first kappa shape index (κ1) is 18.1. The summed E-state index contributed by atoms with van der Waals surface area (Å²) in [6, 6.07) is 11.9. The molecule has 1 aromatic carbocycles. The largest absolute Gasteiger partial charge is 0.336 e. The van der Waals surface area contributed by atoms with Crippen LogP contribution >= 0.6 is 0 Å². The molecular formula is C21H25N3O2. The van der Waals surface area contributed by atoms with Crippen LogP contribution in [0, 0.1) is 6.92 Å². The molecule has 26 heavy (non-hydrogen) atoms. The van der Waals surface area contributed by atoms with Crippen molar-refractivity contribution < 1.29 is 9.59 Å². The summed E-state index contributed by atoms with van der Waals surface area (Å²) in [5.74, 6) is 0.0716. The highest BCUT2D eigenvalue weighted by Gasteiger charge is 2.31. The maximum atomic E-state index is 13.0. The number of carbonyl (C=O) groups is 2. The van der Waals surface area contributed by atoms with Gasteiger partial charge >= 0.3 is 0 Å². The Morgan fingerprint density at radius 1 is 1.23 bits per heavy atom. The molecule has 0 bridgehead atoms. The molecule has 1 saturated heterocycles. The van der Waals surface area contributed by atoms with Gasteiger partial charge in [-0.1, -0.05) is 37.3 Å². The summed E-state index contributed by atoms with van der Waals surface area (Å²) >= 11 is 0. The third-order valence-corrected chi connectivity index (χ3v) is 5.01. The summed E-state index contributed by atoms with van der Waals surface area (Å²) in [5, 5.41) is 0. The Kier molecular flexibility index (Phi) is 5.66. The van der Waals surface area contributed by atoms with E-state index in [0.29, 0.717) is 31.6 Å². The molecule has 5 nitrogen and oxygen atoms in total. The van der Waals surface area contributed by atoms with Crippen molar-refractivity contribution in [1.82, 2.24) is 14.8 Å². The van der Waals surface area contributed by atoms with E-state index in [2.05, 4.69) is 11.9 Å². The van der Waals surface area contributed by atoms with Crippen molar-refractivity contribution in [2.24, 2.45) is 0 Å². The molecule has 1 aromatic heterocycles. The van der Waals surface area contributed by atoms with Crippen LogP contribution in [-0.2, 0) is 11.3 Å². The first-order valence-electron chi connectivity index (χ1n) is 9.13. The summed E-state index contributed by atoms with van der Waals surface area (Å²) in [6.45, 7) is 5.58. The fourth-order valence-corrected chi connectivity index (χ4v) is 3.41. The zero-order valence-electron chi connectivity index (χ0n) is 15.4. The highest BCUT2D eigenvalue weighted by Crippen LogP contribution is 2.20. The molecule has 2 amide bonds. The van der Waals surface area contributed by atoms with Crippen molar-refractivity contribution in [2.45, 2.75) is 39.3 Å². The number of nitrogens with zero attached hydrogens (tertiary/aromatic N) is 3. The maximum absolute atomic E-state index is 13.0. The van der Waals surface area contributed by atoms with Gasteiger partial charge < -0.3 is 9.80 Å². The number of aromatic nitrogens is 1. The van der Waals surface area contributed by atoms with Crippen LogP contribution in [0.1, 0.15) is 41.3 Å². The van der Waals surface area contributed by atoms with Gasteiger partial charge in [-0.05, 0) is 30.5 Å². The fraction of sp³-hybridized carbons (Fsp3) is 0.381. The van der Waals surface area contributed by atoms with Crippen LogP contribution in [0.3, 0.4) is 0 Å². The molecule has 1 aliphatic heterocycles. The molecule has 136 valence electrons.